The maximum atomic E-state index is 13.6. The molecular weight excluding hydrogens is 378 g/mol. The van der Waals surface area contributed by atoms with Crippen molar-refractivity contribution in [2.45, 2.75) is 39.3 Å². The van der Waals surface area contributed by atoms with Crippen molar-refractivity contribution in [3.63, 3.8) is 0 Å². The lowest BCUT2D eigenvalue weighted by Crippen LogP contribution is -2.40. The van der Waals surface area contributed by atoms with Gasteiger partial charge < -0.3 is 14.8 Å². The van der Waals surface area contributed by atoms with Crippen molar-refractivity contribution >= 4 is 28.7 Å². The lowest BCUT2D eigenvalue weighted by Gasteiger charge is -2.22. The number of ether oxygens (including phenoxy) is 2. The second-order valence-electron chi connectivity index (χ2n) is 5.27. The average Bonchev–Trinajstić information content (AvgIpc) is 2.28. The summed E-state index contributed by atoms with van der Waals surface area (Å²) in [6, 6.07) is 1.22. The Bertz CT molecular complexity index is 477. The van der Waals surface area contributed by atoms with Crippen molar-refractivity contribution in [2.75, 3.05) is 6.61 Å². The average molecular weight is 396 g/mol. The van der Waals surface area contributed by atoms with Crippen LogP contribution < -0.4 is 10.1 Å². The molecule has 1 atom stereocenters. The molecule has 0 saturated carbocycles. The second kappa shape index (κ2) is 7.05. The van der Waals surface area contributed by atoms with E-state index in [1.54, 1.807) is 33.8 Å². The Morgan fingerprint density at radius 3 is 2.80 bits per heavy atom. The minimum Gasteiger partial charge on any atom is -0.473 e. The van der Waals surface area contributed by atoms with Gasteiger partial charge in [0, 0.05) is 6.20 Å². The van der Waals surface area contributed by atoms with Gasteiger partial charge in [0.2, 0.25) is 0 Å². The highest BCUT2D eigenvalue weighted by atomic mass is 127. The molecule has 0 saturated heterocycles. The first kappa shape index (κ1) is 16.9. The van der Waals surface area contributed by atoms with Gasteiger partial charge in [-0.05, 0) is 56.4 Å². The Hall–Kier alpha value is -1.12. The molecule has 5 nitrogen and oxygen atoms in total. The Morgan fingerprint density at radius 1 is 1.55 bits per heavy atom. The van der Waals surface area contributed by atoms with Gasteiger partial charge in [-0.1, -0.05) is 0 Å². The molecule has 1 heterocycles. The minimum absolute atomic E-state index is 0.0743. The molecule has 1 rings (SSSR count). The van der Waals surface area contributed by atoms with E-state index in [4.69, 9.17) is 9.47 Å². The van der Waals surface area contributed by atoms with Crippen LogP contribution in [-0.2, 0) is 4.74 Å². The van der Waals surface area contributed by atoms with Crippen LogP contribution in [0.5, 0.6) is 5.88 Å². The summed E-state index contributed by atoms with van der Waals surface area (Å²) < 4.78 is 24.4. The van der Waals surface area contributed by atoms with E-state index in [1.165, 1.54) is 6.20 Å². The maximum Gasteiger partial charge on any atom is 0.407 e. The van der Waals surface area contributed by atoms with Gasteiger partial charge in [-0.25, -0.2) is 9.78 Å². The van der Waals surface area contributed by atoms with E-state index in [9.17, 15) is 9.18 Å². The van der Waals surface area contributed by atoms with E-state index < -0.39 is 17.5 Å². The molecule has 7 heteroatoms. The van der Waals surface area contributed by atoms with Crippen molar-refractivity contribution in [1.29, 1.82) is 0 Å². The molecule has 20 heavy (non-hydrogen) atoms. The number of aromatic nitrogens is 1. The number of hydrogen-bond acceptors (Lipinski definition) is 4. The lowest BCUT2D eigenvalue weighted by molar-refractivity contribution is 0.0492. The van der Waals surface area contributed by atoms with E-state index in [0.29, 0.717) is 3.57 Å². The fourth-order valence-electron chi connectivity index (χ4n) is 1.26. The second-order valence-corrected chi connectivity index (χ2v) is 6.43. The van der Waals surface area contributed by atoms with Crippen molar-refractivity contribution in [3.8, 4) is 5.88 Å². The van der Waals surface area contributed by atoms with Crippen LogP contribution in [0.4, 0.5) is 9.18 Å². The molecule has 1 aromatic rings. The molecule has 1 aromatic heterocycles. The van der Waals surface area contributed by atoms with Crippen LogP contribution in [0, 0.1) is 9.39 Å². The smallest absolute Gasteiger partial charge is 0.407 e. The van der Waals surface area contributed by atoms with Gasteiger partial charge in [0.15, 0.2) is 5.82 Å². The molecule has 112 valence electrons. The van der Waals surface area contributed by atoms with Crippen molar-refractivity contribution < 1.29 is 18.7 Å². The number of nitrogens with one attached hydrogen (secondary N) is 1. The molecule has 1 N–H and O–H groups in total. The SMILES string of the molecule is C[C@@H](COc1nccc(I)c1F)NC(=O)OC(C)(C)C. The van der Waals surface area contributed by atoms with Gasteiger partial charge in [-0.15, -0.1) is 0 Å². The molecule has 0 bridgehead atoms. The van der Waals surface area contributed by atoms with Crippen molar-refractivity contribution in [2.24, 2.45) is 0 Å². The third-order valence-electron chi connectivity index (χ3n) is 2.04. The highest BCUT2D eigenvalue weighted by Crippen LogP contribution is 2.18. The van der Waals surface area contributed by atoms with E-state index >= 15 is 0 Å². The molecule has 0 unspecified atom stereocenters. The molecule has 0 aromatic carbocycles. The Kier molecular flexibility index (Phi) is 5.97. The van der Waals surface area contributed by atoms with E-state index in [1.807, 2.05) is 22.6 Å². The number of nitrogens with zero attached hydrogens (tertiary/aromatic N) is 1. The quantitative estimate of drug-likeness (QED) is 0.795. The number of carbonyl (C=O) groups excluding carboxylic acids is 1. The normalized spacial score (nSPS) is 12.7. The third kappa shape index (κ3) is 5.89. The molecule has 0 fully saturated rings. The molecule has 0 aliphatic carbocycles. The first-order chi connectivity index (χ1) is 9.19. The predicted molar refractivity (Wildman–Crippen MR) is 81.2 cm³/mol. The van der Waals surface area contributed by atoms with Crippen LogP contribution in [0.2, 0.25) is 0 Å². The van der Waals surface area contributed by atoms with Crippen LogP contribution in [0.25, 0.3) is 0 Å². The summed E-state index contributed by atoms with van der Waals surface area (Å²) in [6.45, 7) is 7.16. The van der Waals surface area contributed by atoms with Gasteiger partial charge in [0.25, 0.3) is 5.88 Å². The summed E-state index contributed by atoms with van der Waals surface area (Å²) in [4.78, 5) is 15.3. The van der Waals surface area contributed by atoms with Gasteiger partial charge in [-0.3, -0.25) is 0 Å². The number of alkyl carbamates (subject to hydrolysis) is 1. The van der Waals surface area contributed by atoms with E-state index in [-0.39, 0.29) is 18.5 Å². The molecule has 0 aliphatic heterocycles. The first-order valence-electron chi connectivity index (χ1n) is 6.11. The monoisotopic (exact) mass is 396 g/mol. The summed E-state index contributed by atoms with van der Waals surface area (Å²) in [5.41, 5.74) is -0.562. The fourth-order valence-corrected chi connectivity index (χ4v) is 1.65. The van der Waals surface area contributed by atoms with Crippen LogP contribution in [0.3, 0.4) is 0 Å². The number of amides is 1. The highest BCUT2D eigenvalue weighted by molar-refractivity contribution is 14.1. The Balaban J connectivity index is 2.46. The van der Waals surface area contributed by atoms with Crippen LogP contribution in [-0.4, -0.2) is 29.3 Å². The summed E-state index contributed by atoms with van der Waals surface area (Å²) >= 11 is 1.86. The maximum absolute atomic E-state index is 13.6. The first-order valence-corrected chi connectivity index (χ1v) is 7.19. The summed E-state index contributed by atoms with van der Waals surface area (Å²) in [5, 5.41) is 2.60. The number of carbonyl (C=O) groups is 1. The standard InChI is InChI=1S/C13H18FIN2O3/c1-8(17-12(18)20-13(2,3)4)7-19-11-10(14)9(15)5-6-16-11/h5-6,8H,7H2,1-4H3,(H,17,18)/t8-/m0/s1. The fraction of sp³-hybridized carbons (Fsp3) is 0.538. The molecule has 0 aliphatic rings. The molecular formula is C13H18FIN2O3. The summed E-state index contributed by atoms with van der Waals surface area (Å²) in [7, 11) is 0. The lowest BCUT2D eigenvalue weighted by atomic mass is 10.2. The van der Waals surface area contributed by atoms with Gasteiger partial charge in [0.1, 0.15) is 12.2 Å². The Labute approximate surface area is 131 Å². The topological polar surface area (TPSA) is 60.5 Å². The van der Waals surface area contributed by atoms with Gasteiger partial charge in [-0.2, -0.15) is 4.39 Å². The van der Waals surface area contributed by atoms with Crippen LogP contribution in [0.15, 0.2) is 12.3 Å². The van der Waals surface area contributed by atoms with E-state index in [2.05, 4.69) is 10.3 Å². The summed E-state index contributed by atoms with van der Waals surface area (Å²) in [6.07, 6.45) is 0.927. The third-order valence-corrected chi connectivity index (χ3v) is 2.88. The zero-order chi connectivity index (χ0) is 15.3. The van der Waals surface area contributed by atoms with Crippen LogP contribution >= 0.6 is 22.6 Å². The van der Waals surface area contributed by atoms with Crippen molar-refractivity contribution in [3.05, 3.63) is 21.7 Å². The predicted octanol–water partition coefficient (Wildman–Crippen LogP) is 3.12. The molecule has 0 radical (unpaired) electrons. The number of hydrogen-bond donors (Lipinski definition) is 1. The number of pyridine rings is 1. The molecule has 0 spiro atoms. The van der Waals surface area contributed by atoms with Gasteiger partial charge in [0.05, 0.1) is 9.61 Å². The summed E-state index contributed by atoms with van der Waals surface area (Å²) in [5.74, 6) is -0.577. The van der Waals surface area contributed by atoms with Crippen LogP contribution in [0.1, 0.15) is 27.7 Å². The largest absolute Gasteiger partial charge is 0.473 e. The minimum atomic E-state index is -0.562. The van der Waals surface area contributed by atoms with Crippen molar-refractivity contribution in [1.82, 2.24) is 10.3 Å². The number of rotatable bonds is 4. The highest BCUT2D eigenvalue weighted by Gasteiger charge is 2.18. The molecule has 1 amide bonds. The zero-order valence-corrected chi connectivity index (χ0v) is 14.0. The van der Waals surface area contributed by atoms with Gasteiger partial charge >= 0.3 is 6.09 Å². The zero-order valence-electron chi connectivity index (χ0n) is 11.9. The van der Waals surface area contributed by atoms with E-state index in [0.717, 1.165) is 0 Å². The number of halogens is 2. The Morgan fingerprint density at radius 2 is 2.20 bits per heavy atom.